The summed E-state index contributed by atoms with van der Waals surface area (Å²) in [7, 11) is 0. The summed E-state index contributed by atoms with van der Waals surface area (Å²) in [6, 6.07) is 3.42. The van der Waals surface area contributed by atoms with Crippen molar-refractivity contribution in [1.82, 2.24) is 0 Å². The van der Waals surface area contributed by atoms with Crippen molar-refractivity contribution in [3.05, 3.63) is 29.6 Å². The first-order valence-electron chi connectivity index (χ1n) is 4.39. The highest BCUT2D eigenvalue weighted by Crippen LogP contribution is 2.26. The minimum atomic E-state index is -2.63. The predicted octanol–water partition coefficient (Wildman–Crippen LogP) is 2.52. The van der Waals surface area contributed by atoms with Gasteiger partial charge in [-0.25, -0.2) is 13.2 Å². The lowest BCUT2D eigenvalue weighted by atomic mass is 10.1. The number of alkyl halides is 2. The van der Waals surface area contributed by atoms with E-state index < -0.39 is 25.0 Å². The van der Waals surface area contributed by atoms with E-state index in [1.165, 1.54) is 13.0 Å². The SMILES string of the molecule is C[C@H](O)c1ccc(F)cc1OCC(F)F. The van der Waals surface area contributed by atoms with Crippen LogP contribution in [-0.4, -0.2) is 18.1 Å². The molecule has 0 radical (unpaired) electrons. The summed E-state index contributed by atoms with van der Waals surface area (Å²) in [4.78, 5) is 0. The van der Waals surface area contributed by atoms with Crippen LogP contribution in [0.4, 0.5) is 13.2 Å². The number of halogens is 3. The molecule has 84 valence electrons. The number of rotatable bonds is 4. The molecule has 0 unspecified atom stereocenters. The molecule has 15 heavy (non-hydrogen) atoms. The van der Waals surface area contributed by atoms with Gasteiger partial charge in [0.1, 0.15) is 18.2 Å². The fourth-order valence-electron chi connectivity index (χ4n) is 1.13. The number of hydrogen-bond donors (Lipinski definition) is 1. The van der Waals surface area contributed by atoms with Gasteiger partial charge in [-0.15, -0.1) is 0 Å². The van der Waals surface area contributed by atoms with E-state index in [1.54, 1.807) is 0 Å². The van der Waals surface area contributed by atoms with E-state index in [1.807, 2.05) is 0 Å². The third-order valence-electron chi connectivity index (χ3n) is 1.79. The van der Waals surface area contributed by atoms with Gasteiger partial charge in [-0.05, 0) is 19.1 Å². The van der Waals surface area contributed by atoms with Crippen LogP contribution in [-0.2, 0) is 0 Å². The van der Waals surface area contributed by atoms with Gasteiger partial charge in [0.05, 0.1) is 6.10 Å². The molecule has 0 bridgehead atoms. The summed E-state index contributed by atoms with van der Waals surface area (Å²) >= 11 is 0. The Morgan fingerprint density at radius 2 is 2.07 bits per heavy atom. The van der Waals surface area contributed by atoms with Crippen LogP contribution in [0.2, 0.25) is 0 Å². The fraction of sp³-hybridized carbons (Fsp3) is 0.400. The highest BCUT2D eigenvalue weighted by Gasteiger charge is 2.12. The zero-order valence-corrected chi connectivity index (χ0v) is 8.08. The second-order valence-electron chi connectivity index (χ2n) is 3.06. The van der Waals surface area contributed by atoms with Crippen molar-refractivity contribution in [1.29, 1.82) is 0 Å². The zero-order valence-electron chi connectivity index (χ0n) is 8.08. The molecular weight excluding hydrogens is 209 g/mol. The smallest absolute Gasteiger partial charge is 0.272 e. The average molecular weight is 220 g/mol. The number of benzene rings is 1. The van der Waals surface area contributed by atoms with Crippen molar-refractivity contribution in [2.45, 2.75) is 19.5 Å². The third-order valence-corrected chi connectivity index (χ3v) is 1.79. The third kappa shape index (κ3) is 3.43. The van der Waals surface area contributed by atoms with Gasteiger partial charge in [-0.2, -0.15) is 0 Å². The van der Waals surface area contributed by atoms with Crippen molar-refractivity contribution in [2.75, 3.05) is 6.61 Å². The van der Waals surface area contributed by atoms with Crippen LogP contribution in [0.3, 0.4) is 0 Å². The van der Waals surface area contributed by atoms with Crippen LogP contribution in [0.15, 0.2) is 18.2 Å². The van der Waals surface area contributed by atoms with E-state index in [4.69, 9.17) is 4.74 Å². The zero-order chi connectivity index (χ0) is 11.4. The molecule has 0 aliphatic rings. The van der Waals surface area contributed by atoms with Crippen LogP contribution < -0.4 is 4.74 Å². The minimum Gasteiger partial charge on any atom is -0.487 e. The lowest BCUT2D eigenvalue weighted by Crippen LogP contribution is -2.09. The van der Waals surface area contributed by atoms with Crippen LogP contribution in [0, 0.1) is 5.82 Å². The number of ether oxygens (including phenoxy) is 1. The summed E-state index contributed by atoms with van der Waals surface area (Å²) in [5, 5.41) is 9.27. The summed E-state index contributed by atoms with van der Waals surface area (Å²) < 4.78 is 41.2. The molecule has 0 saturated heterocycles. The second-order valence-corrected chi connectivity index (χ2v) is 3.06. The molecule has 1 aromatic rings. The van der Waals surface area contributed by atoms with E-state index in [9.17, 15) is 18.3 Å². The summed E-state index contributed by atoms with van der Waals surface area (Å²) in [6.07, 6.45) is -3.52. The molecule has 1 aromatic carbocycles. The molecule has 2 nitrogen and oxygen atoms in total. The van der Waals surface area contributed by atoms with Crippen LogP contribution in [0.5, 0.6) is 5.75 Å². The molecule has 1 atom stereocenters. The Hall–Kier alpha value is -1.23. The first-order valence-corrected chi connectivity index (χ1v) is 4.39. The average Bonchev–Trinajstić information content (AvgIpc) is 2.14. The fourth-order valence-corrected chi connectivity index (χ4v) is 1.13. The van der Waals surface area contributed by atoms with Crippen molar-refractivity contribution >= 4 is 0 Å². The van der Waals surface area contributed by atoms with Crippen molar-refractivity contribution in [3.63, 3.8) is 0 Å². The van der Waals surface area contributed by atoms with Crippen molar-refractivity contribution in [3.8, 4) is 5.75 Å². The maximum absolute atomic E-state index is 12.8. The summed E-state index contributed by atoms with van der Waals surface area (Å²) in [5.74, 6) is -0.644. The molecule has 1 rings (SSSR count). The Morgan fingerprint density at radius 3 is 2.60 bits per heavy atom. The largest absolute Gasteiger partial charge is 0.487 e. The van der Waals surface area contributed by atoms with Crippen LogP contribution in [0.1, 0.15) is 18.6 Å². The van der Waals surface area contributed by atoms with E-state index in [2.05, 4.69) is 0 Å². The van der Waals surface area contributed by atoms with Crippen LogP contribution >= 0.6 is 0 Å². The molecule has 1 N–H and O–H groups in total. The molecule has 0 aromatic heterocycles. The lowest BCUT2D eigenvalue weighted by molar-refractivity contribution is 0.0792. The lowest BCUT2D eigenvalue weighted by Gasteiger charge is -2.13. The minimum absolute atomic E-state index is 0.0506. The molecular formula is C10H11F3O2. The maximum atomic E-state index is 12.8. The Kier molecular flexibility index (Phi) is 3.96. The molecule has 5 heteroatoms. The Morgan fingerprint density at radius 1 is 1.40 bits per heavy atom. The van der Waals surface area contributed by atoms with E-state index in [0.29, 0.717) is 0 Å². The standard InChI is InChI=1S/C10H11F3O2/c1-6(14)8-3-2-7(11)4-9(8)15-5-10(12)13/h2-4,6,10,14H,5H2,1H3/t6-/m0/s1. The Bertz CT molecular complexity index is 326. The number of hydrogen-bond acceptors (Lipinski definition) is 2. The van der Waals surface area contributed by atoms with Gasteiger partial charge in [-0.1, -0.05) is 0 Å². The quantitative estimate of drug-likeness (QED) is 0.844. The first-order chi connectivity index (χ1) is 7.00. The van der Waals surface area contributed by atoms with Gasteiger partial charge in [0.2, 0.25) is 0 Å². The van der Waals surface area contributed by atoms with E-state index in [0.717, 1.165) is 12.1 Å². The normalized spacial score (nSPS) is 12.9. The summed E-state index contributed by atoms with van der Waals surface area (Å²) in [6.45, 7) is 0.631. The van der Waals surface area contributed by atoms with Gasteiger partial charge in [-0.3, -0.25) is 0 Å². The van der Waals surface area contributed by atoms with Gasteiger partial charge in [0, 0.05) is 11.6 Å². The topological polar surface area (TPSA) is 29.5 Å². The van der Waals surface area contributed by atoms with Gasteiger partial charge in [0.25, 0.3) is 6.43 Å². The van der Waals surface area contributed by atoms with Crippen molar-refractivity contribution in [2.24, 2.45) is 0 Å². The molecule has 0 aliphatic heterocycles. The highest BCUT2D eigenvalue weighted by molar-refractivity contribution is 5.35. The predicted molar refractivity (Wildman–Crippen MR) is 48.5 cm³/mol. The Labute approximate surface area is 85.3 Å². The number of aliphatic hydroxyl groups excluding tert-OH is 1. The maximum Gasteiger partial charge on any atom is 0.272 e. The van der Waals surface area contributed by atoms with Crippen LogP contribution in [0.25, 0.3) is 0 Å². The Balaban J connectivity index is 2.87. The molecule has 0 amide bonds. The second kappa shape index (κ2) is 5.02. The van der Waals surface area contributed by atoms with Crippen molar-refractivity contribution < 1.29 is 23.0 Å². The highest BCUT2D eigenvalue weighted by atomic mass is 19.3. The van der Waals surface area contributed by atoms with E-state index >= 15 is 0 Å². The van der Waals surface area contributed by atoms with Gasteiger partial charge >= 0.3 is 0 Å². The monoisotopic (exact) mass is 220 g/mol. The molecule has 0 spiro atoms. The van der Waals surface area contributed by atoms with E-state index in [-0.39, 0.29) is 11.3 Å². The number of aliphatic hydroxyl groups is 1. The van der Waals surface area contributed by atoms with Gasteiger partial charge < -0.3 is 9.84 Å². The molecule has 0 saturated carbocycles. The summed E-state index contributed by atoms with van der Waals surface area (Å²) in [5.41, 5.74) is 0.289. The molecule has 0 heterocycles. The molecule has 0 fully saturated rings. The first kappa shape index (κ1) is 11.8. The molecule has 0 aliphatic carbocycles. The van der Waals surface area contributed by atoms with Gasteiger partial charge in [0.15, 0.2) is 0 Å².